The number of carbonyl (C=O) groups is 1. The summed E-state index contributed by atoms with van der Waals surface area (Å²) in [6.07, 6.45) is 1.33. The predicted octanol–water partition coefficient (Wildman–Crippen LogP) is 2.56. The molecule has 1 rings (SSSR count). The first-order valence-electron chi connectivity index (χ1n) is 4.79. The monoisotopic (exact) mass is 192 g/mol. The van der Waals surface area contributed by atoms with Crippen molar-refractivity contribution in [3.8, 4) is 5.75 Å². The highest BCUT2D eigenvalue weighted by Crippen LogP contribution is 2.23. The summed E-state index contributed by atoms with van der Waals surface area (Å²) in [6.45, 7) is 4.26. The van der Waals surface area contributed by atoms with Crippen LogP contribution in [0.25, 0.3) is 0 Å². The highest BCUT2D eigenvalue weighted by atomic mass is 16.5. The lowest BCUT2D eigenvalue weighted by Gasteiger charge is -2.10. The van der Waals surface area contributed by atoms with Crippen LogP contribution in [-0.2, 0) is 11.2 Å². The molecule has 0 heterocycles. The normalized spacial score (nSPS) is 10.3. The molecule has 0 saturated carbocycles. The van der Waals surface area contributed by atoms with Crippen LogP contribution in [0.1, 0.15) is 30.9 Å². The topological polar surface area (TPSA) is 26.3 Å². The lowest BCUT2D eigenvalue weighted by molar-refractivity contribution is -0.107. The van der Waals surface area contributed by atoms with Crippen LogP contribution in [-0.4, -0.2) is 13.4 Å². The van der Waals surface area contributed by atoms with Crippen molar-refractivity contribution in [1.29, 1.82) is 0 Å². The van der Waals surface area contributed by atoms with E-state index in [-0.39, 0.29) is 0 Å². The summed E-state index contributed by atoms with van der Waals surface area (Å²) < 4.78 is 5.17. The molecule has 0 aliphatic rings. The van der Waals surface area contributed by atoms with Crippen LogP contribution in [0.4, 0.5) is 0 Å². The van der Waals surface area contributed by atoms with Gasteiger partial charge in [0.2, 0.25) is 0 Å². The second-order valence-electron chi connectivity index (χ2n) is 3.60. The second-order valence-corrected chi connectivity index (χ2v) is 3.60. The van der Waals surface area contributed by atoms with Gasteiger partial charge in [-0.05, 0) is 17.5 Å². The molecular weight excluding hydrogens is 176 g/mol. The number of aldehydes is 1. The molecule has 0 N–H and O–H groups in total. The van der Waals surface area contributed by atoms with E-state index >= 15 is 0 Å². The molecule has 0 saturated heterocycles. The number of methoxy groups -OCH3 is 1. The Morgan fingerprint density at radius 1 is 1.43 bits per heavy atom. The van der Waals surface area contributed by atoms with Gasteiger partial charge in [-0.1, -0.05) is 26.0 Å². The Labute approximate surface area is 84.9 Å². The van der Waals surface area contributed by atoms with Crippen LogP contribution < -0.4 is 4.74 Å². The van der Waals surface area contributed by atoms with Crippen molar-refractivity contribution in [2.75, 3.05) is 7.11 Å². The number of hydrogen-bond acceptors (Lipinski definition) is 2. The lowest BCUT2D eigenvalue weighted by Crippen LogP contribution is -1.96. The Morgan fingerprint density at radius 3 is 2.64 bits per heavy atom. The van der Waals surface area contributed by atoms with E-state index in [0.717, 1.165) is 17.6 Å². The Hall–Kier alpha value is -1.31. The van der Waals surface area contributed by atoms with Crippen molar-refractivity contribution in [1.82, 2.24) is 0 Å². The number of carbonyl (C=O) groups excluding carboxylic acids is 1. The molecule has 0 aliphatic heterocycles. The summed E-state index contributed by atoms with van der Waals surface area (Å²) in [6, 6.07) is 6.00. The molecule has 1 aromatic carbocycles. The van der Waals surface area contributed by atoms with Gasteiger partial charge in [0, 0.05) is 12.0 Å². The molecule has 0 unspecified atom stereocenters. The third-order valence-corrected chi connectivity index (χ3v) is 2.27. The minimum Gasteiger partial charge on any atom is -0.496 e. The SMILES string of the molecule is COc1ccc(C(C)C)cc1CC=O. The van der Waals surface area contributed by atoms with Crippen LogP contribution >= 0.6 is 0 Å². The van der Waals surface area contributed by atoms with Crippen LogP contribution in [0.15, 0.2) is 18.2 Å². The van der Waals surface area contributed by atoms with E-state index < -0.39 is 0 Å². The Balaban J connectivity index is 3.06. The van der Waals surface area contributed by atoms with Crippen molar-refractivity contribution in [2.24, 2.45) is 0 Å². The molecule has 76 valence electrons. The molecule has 2 nitrogen and oxygen atoms in total. The third-order valence-electron chi connectivity index (χ3n) is 2.27. The van der Waals surface area contributed by atoms with E-state index in [0.29, 0.717) is 12.3 Å². The first-order valence-corrected chi connectivity index (χ1v) is 4.79. The zero-order valence-electron chi connectivity index (χ0n) is 8.91. The third kappa shape index (κ3) is 2.34. The van der Waals surface area contributed by atoms with E-state index in [9.17, 15) is 4.79 Å². The van der Waals surface area contributed by atoms with Crippen LogP contribution in [0.2, 0.25) is 0 Å². The van der Waals surface area contributed by atoms with Gasteiger partial charge in [-0.25, -0.2) is 0 Å². The molecule has 0 spiro atoms. The first kappa shape index (κ1) is 10.8. The maximum atomic E-state index is 10.5. The average Bonchev–Trinajstić information content (AvgIpc) is 2.18. The smallest absolute Gasteiger partial charge is 0.124 e. The maximum Gasteiger partial charge on any atom is 0.124 e. The van der Waals surface area contributed by atoms with Crippen molar-refractivity contribution < 1.29 is 9.53 Å². The molecule has 2 heteroatoms. The molecule has 0 amide bonds. The fraction of sp³-hybridized carbons (Fsp3) is 0.417. The molecule has 0 radical (unpaired) electrons. The number of benzene rings is 1. The highest BCUT2D eigenvalue weighted by molar-refractivity contribution is 5.58. The van der Waals surface area contributed by atoms with Crippen molar-refractivity contribution in [2.45, 2.75) is 26.2 Å². The zero-order chi connectivity index (χ0) is 10.6. The van der Waals surface area contributed by atoms with Crippen molar-refractivity contribution in [3.05, 3.63) is 29.3 Å². The molecule has 0 atom stereocenters. The van der Waals surface area contributed by atoms with E-state index in [1.165, 1.54) is 5.56 Å². The summed E-state index contributed by atoms with van der Waals surface area (Å²) in [5.41, 5.74) is 2.20. The Bertz CT molecular complexity index is 316. The van der Waals surface area contributed by atoms with Gasteiger partial charge in [0.05, 0.1) is 7.11 Å². The van der Waals surface area contributed by atoms with Gasteiger partial charge in [0.25, 0.3) is 0 Å². The quantitative estimate of drug-likeness (QED) is 0.685. The Kier molecular flexibility index (Phi) is 3.69. The maximum absolute atomic E-state index is 10.5. The van der Waals surface area contributed by atoms with Gasteiger partial charge in [-0.2, -0.15) is 0 Å². The van der Waals surface area contributed by atoms with Crippen molar-refractivity contribution in [3.63, 3.8) is 0 Å². The minimum absolute atomic E-state index is 0.420. The molecule has 0 bridgehead atoms. The fourth-order valence-corrected chi connectivity index (χ4v) is 1.41. The molecule has 0 fully saturated rings. The van der Waals surface area contributed by atoms with E-state index in [4.69, 9.17) is 4.74 Å². The molecule has 0 aliphatic carbocycles. The molecule has 0 aromatic heterocycles. The van der Waals surface area contributed by atoms with Gasteiger partial charge in [0.15, 0.2) is 0 Å². The lowest BCUT2D eigenvalue weighted by atomic mass is 9.99. The largest absolute Gasteiger partial charge is 0.496 e. The van der Waals surface area contributed by atoms with Gasteiger partial charge in [-0.15, -0.1) is 0 Å². The number of rotatable bonds is 4. The summed E-state index contributed by atoms with van der Waals surface area (Å²) in [4.78, 5) is 10.5. The van der Waals surface area contributed by atoms with Gasteiger partial charge in [-0.3, -0.25) is 0 Å². The standard InChI is InChI=1S/C12H16O2/c1-9(2)10-4-5-12(14-3)11(8-10)6-7-13/h4-5,7-9H,6H2,1-3H3. The Morgan fingerprint density at radius 2 is 2.14 bits per heavy atom. The van der Waals surface area contributed by atoms with Crippen molar-refractivity contribution >= 4 is 6.29 Å². The van der Waals surface area contributed by atoms with Crippen LogP contribution in [0, 0.1) is 0 Å². The van der Waals surface area contributed by atoms with E-state index in [2.05, 4.69) is 13.8 Å². The van der Waals surface area contributed by atoms with Crippen LogP contribution in [0.5, 0.6) is 5.75 Å². The number of ether oxygens (including phenoxy) is 1. The van der Waals surface area contributed by atoms with Gasteiger partial charge >= 0.3 is 0 Å². The second kappa shape index (κ2) is 4.80. The van der Waals surface area contributed by atoms with Crippen LogP contribution in [0.3, 0.4) is 0 Å². The first-order chi connectivity index (χ1) is 6.69. The minimum atomic E-state index is 0.420. The van der Waals surface area contributed by atoms with E-state index in [1.807, 2.05) is 18.2 Å². The molecule has 1 aromatic rings. The molecule has 14 heavy (non-hydrogen) atoms. The number of hydrogen-bond donors (Lipinski definition) is 0. The predicted molar refractivity (Wildman–Crippen MR) is 56.9 cm³/mol. The van der Waals surface area contributed by atoms with Gasteiger partial charge < -0.3 is 9.53 Å². The zero-order valence-corrected chi connectivity index (χ0v) is 8.91. The average molecular weight is 192 g/mol. The van der Waals surface area contributed by atoms with E-state index in [1.54, 1.807) is 7.11 Å². The van der Waals surface area contributed by atoms with Gasteiger partial charge in [0.1, 0.15) is 12.0 Å². The summed E-state index contributed by atoms with van der Waals surface area (Å²) >= 11 is 0. The highest BCUT2D eigenvalue weighted by Gasteiger charge is 2.05. The summed E-state index contributed by atoms with van der Waals surface area (Å²) in [5.74, 6) is 1.27. The summed E-state index contributed by atoms with van der Waals surface area (Å²) in [7, 11) is 1.62. The molecular formula is C12H16O2. The fourth-order valence-electron chi connectivity index (χ4n) is 1.41. The summed E-state index contributed by atoms with van der Waals surface area (Å²) in [5, 5.41) is 0.